The summed E-state index contributed by atoms with van der Waals surface area (Å²) in [5, 5.41) is 0.144. The van der Waals surface area contributed by atoms with Gasteiger partial charge >= 0.3 is 0 Å². The largest absolute Gasteiger partial charge is 0.543 e. The first-order valence-corrected chi connectivity index (χ1v) is 10.1. The van der Waals surface area contributed by atoms with Crippen molar-refractivity contribution in [2.75, 3.05) is 14.2 Å². The van der Waals surface area contributed by atoms with Crippen LogP contribution in [-0.2, 0) is 6.42 Å². The van der Waals surface area contributed by atoms with Crippen molar-refractivity contribution in [1.29, 1.82) is 0 Å². The zero-order chi connectivity index (χ0) is 16.3. The molecule has 1 aromatic rings. The van der Waals surface area contributed by atoms with Crippen LogP contribution >= 0.6 is 0 Å². The van der Waals surface area contributed by atoms with E-state index < -0.39 is 8.32 Å². The van der Waals surface area contributed by atoms with Gasteiger partial charge < -0.3 is 13.9 Å². The van der Waals surface area contributed by atoms with Crippen LogP contribution in [0, 0.1) is 0 Å². The van der Waals surface area contributed by atoms with Gasteiger partial charge in [0.05, 0.1) is 14.2 Å². The van der Waals surface area contributed by atoms with E-state index in [2.05, 4.69) is 40.4 Å². The summed E-state index contributed by atoms with van der Waals surface area (Å²) in [5.74, 6) is 2.29. The van der Waals surface area contributed by atoms with Crippen molar-refractivity contribution in [3.05, 3.63) is 30.4 Å². The molecule has 0 aliphatic rings. The molecule has 21 heavy (non-hydrogen) atoms. The lowest BCUT2D eigenvalue weighted by molar-refractivity contribution is 0.352. The first-order valence-electron chi connectivity index (χ1n) is 7.21. The van der Waals surface area contributed by atoms with Gasteiger partial charge in [-0.2, -0.15) is 0 Å². The lowest BCUT2D eigenvalue weighted by Gasteiger charge is -2.37. The number of hydrogen-bond acceptors (Lipinski definition) is 3. The number of ether oxygens (including phenoxy) is 2. The second-order valence-corrected chi connectivity index (χ2v) is 11.4. The summed E-state index contributed by atoms with van der Waals surface area (Å²) < 4.78 is 17.2. The van der Waals surface area contributed by atoms with Crippen LogP contribution < -0.4 is 13.9 Å². The Morgan fingerprint density at radius 1 is 1.05 bits per heavy atom. The number of benzene rings is 1. The molecule has 0 spiro atoms. The van der Waals surface area contributed by atoms with Crippen LogP contribution in [0.2, 0.25) is 18.1 Å². The molecule has 0 fully saturated rings. The van der Waals surface area contributed by atoms with Crippen LogP contribution in [0.3, 0.4) is 0 Å². The van der Waals surface area contributed by atoms with Crippen LogP contribution in [0.15, 0.2) is 24.8 Å². The molecular formula is C17H28O3Si. The molecular weight excluding hydrogens is 280 g/mol. The minimum absolute atomic E-state index is 0.144. The molecule has 1 aromatic carbocycles. The third-order valence-electron chi connectivity index (χ3n) is 4.10. The monoisotopic (exact) mass is 308 g/mol. The van der Waals surface area contributed by atoms with Gasteiger partial charge in [-0.15, -0.1) is 6.58 Å². The molecule has 4 heteroatoms. The van der Waals surface area contributed by atoms with Gasteiger partial charge in [-0.25, -0.2) is 0 Å². The molecule has 0 radical (unpaired) electrons. The predicted molar refractivity (Wildman–Crippen MR) is 91.3 cm³/mol. The number of rotatable bonds is 6. The van der Waals surface area contributed by atoms with Crippen molar-refractivity contribution in [2.45, 2.75) is 45.3 Å². The second-order valence-electron chi connectivity index (χ2n) is 6.67. The Morgan fingerprint density at radius 3 is 2.00 bits per heavy atom. The zero-order valence-electron chi connectivity index (χ0n) is 14.4. The van der Waals surface area contributed by atoms with Crippen molar-refractivity contribution in [2.24, 2.45) is 0 Å². The van der Waals surface area contributed by atoms with Crippen molar-refractivity contribution in [3.8, 4) is 17.2 Å². The van der Waals surface area contributed by atoms with E-state index in [1.165, 1.54) is 0 Å². The maximum atomic E-state index is 6.45. The summed E-state index contributed by atoms with van der Waals surface area (Å²) in [5.41, 5.74) is 1.08. The summed E-state index contributed by atoms with van der Waals surface area (Å²) in [7, 11) is 1.38. The first kappa shape index (κ1) is 17.6. The molecule has 3 nitrogen and oxygen atoms in total. The van der Waals surface area contributed by atoms with Crippen molar-refractivity contribution < 1.29 is 13.9 Å². The van der Waals surface area contributed by atoms with E-state index in [0.717, 1.165) is 23.5 Å². The molecule has 0 saturated heterocycles. The molecule has 0 aliphatic heterocycles. The van der Waals surface area contributed by atoms with Gasteiger partial charge in [0.15, 0.2) is 11.5 Å². The van der Waals surface area contributed by atoms with Gasteiger partial charge in [-0.05, 0) is 30.6 Å². The smallest absolute Gasteiger partial charge is 0.250 e. The molecule has 0 bridgehead atoms. The topological polar surface area (TPSA) is 27.7 Å². The third kappa shape index (κ3) is 4.03. The summed E-state index contributed by atoms with van der Waals surface area (Å²) in [6, 6.07) is 3.90. The van der Waals surface area contributed by atoms with Crippen molar-refractivity contribution in [1.82, 2.24) is 0 Å². The fourth-order valence-corrected chi connectivity index (χ4v) is 2.79. The Balaban J connectivity index is 3.29. The van der Waals surface area contributed by atoms with E-state index in [9.17, 15) is 0 Å². The molecule has 118 valence electrons. The Labute approximate surface area is 130 Å². The Hall–Kier alpha value is -1.42. The molecule has 0 aliphatic carbocycles. The highest BCUT2D eigenvalue weighted by Gasteiger charge is 2.39. The molecule has 0 N–H and O–H groups in total. The normalized spacial score (nSPS) is 12.0. The fraction of sp³-hybridized carbons (Fsp3) is 0.529. The summed E-state index contributed by atoms with van der Waals surface area (Å²) in [6.07, 6.45) is 2.62. The second kappa shape index (κ2) is 6.56. The van der Waals surface area contributed by atoms with Crippen molar-refractivity contribution >= 4 is 8.32 Å². The number of methoxy groups -OCH3 is 2. The van der Waals surface area contributed by atoms with E-state index in [-0.39, 0.29) is 5.04 Å². The average Bonchev–Trinajstić information content (AvgIpc) is 2.38. The van der Waals surface area contributed by atoms with E-state index in [0.29, 0.717) is 5.75 Å². The van der Waals surface area contributed by atoms with Crippen LogP contribution in [0.1, 0.15) is 26.3 Å². The van der Waals surface area contributed by atoms with Gasteiger partial charge in [0.1, 0.15) is 5.75 Å². The third-order valence-corrected chi connectivity index (χ3v) is 8.44. The summed E-state index contributed by atoms with van der Waals surface area (Å²) >= 11 is 0. The maximum Gasteiger partial charge on any atom is 0.250 e. The predicted octanol–water partition coefficient (Wildman–Crippen LogP) is 4.82. The quantitative estimate of drug-likeness (QED) is 0.557. The number of hydrogen-bond donors (Lipinski definition) is 0. The lowest BCUT2D eigenvalue weighted by atomic mass is 10.1. The van der Waals surface area contributed by atoms with Crippen LogP contribution in [0.4, 0.5) is 0 Å². The number of allylic oxidation sites excluding steroid dienone is 1. The Morgan fingerprint density at radius 2 is 1.57 bits per heavy atom. The highest BCUT2D eigenvalue weighted by molar-refractivity contribution is 6.74. The highest BCUT2D eigenvalue weighted by atomic mass is 28.4. The van der Waals surface area contributed by atoms with Gasteiger partial charge in [0.25, 0.3) is 0 Å². The Kier molecular flexibility index (Phi) is 5.51. The van der Waals surface area contributed by atoms with Gasteiger partial charge in [0.2, 0.25) is 8.32 Å². The van der Waals surface area contributed by atoms with E-state index >= 15 is 0 Å². The molecule has 0 atom stereocenters. The average molecular weight is 308 g/mol. The molecule has 0 saturated carbocycles. The Bertz CT molecular complexity index is 501. The highest BCUT2D eigenvalue weighted by Crippen LogP contribution is 2.41. The van der Waals surface area contributed by atoms with E-state index in [1.807, 2.05) is 18.2 Å². The minimum Gasteiger partial charge on any atom is -0.543 e. The molecule has 1 rings (SSSR count). The minimum atomic E-state index is -1.90. The fourth-order valence-electron chi connectivity index (χ4n) is 1.74. The summed E-state index contributed by atoms with van der Waals surface area (Å²) in [6.45, 7) is 15.0. The molecule has 0 amide bonds. The van der Waals surface area contributed by atoms with Crippen LogP contribution in [0.5, 0.6) is 17.2 Å². The SMILES string of the molecule is C=CCc1cc(OC)c(OC)cc1O[Si](C)(C)C(C)(C)C. The first-order chi connectivity index (χ1) is 9.66. The van der Waals surface area contributed by atoms with Crippen LogP contribution in [0.25, 0.3) is 0 Å². The molecule has 0 heterocycles. The van der Waals surface area contributed by atoms with E-state index in [4.69, 9.17) is 13.9 Å². The summed E-state index contributed by atoms with van der Waals surface area (Å²) in [4.78, 5) is 0. The van der Waals surface area contributed by atoms with Gasteiger partial charge in [-0.1, -0.05) is 26.8 Å². The molecule has 0 aromatic heterocycles. The maximum absolute atomic E-state index is 6.45. The van der Waals surface area contributed by atoms with E-state index in [1.54, 1.807) is 14.2 Å². The standard InChI is InChI=1S/C17H28O3Si/c1-9-10-13-11-15(18-5)16(19-6)12-14(13)20-21(7,8)17(2,3)4/h9,11-12H,1,10H2,2-8H3. The van der Waals surface area contributed by atoms with Crippen LogP contribution in [-0.4, -0.2) is 22.5 Å². The lowest BCUT2D eigenvalue weighted by Crippen LogP contribution is -2.44. The zero-order valence-corrected chi connectivity index (χ0v) is 15.4. The van der Waals surface area contributed by atoms with Gasteiger partial charge in [0, 0.05) is 11.6 Å². The van der Waals surface area contributed by atoms with Gasteiger partial charge in [-0.3, -0.25) is 0 Å². The molecule has 0 unspecified atom stereocenters. The van der Waals surface area contributed by atoms with Crippen molar-refractivity contribution in [3.63, 3.8) is 0 Å².